The predicted molar refractivity (Wildman–Crippen MR) is 45.4 cm³/mol. The summed E-state index contributed by atoms with van der Waals surface area (Å²) in [5.41, 5.74) is 0. The van der Waals surface area contributed by atoms with Crippen molar-refractivity contribution >= 4 is 17.6 Å². The number of aldehydes is 1. The molecule has 74 valence electrons. The van der Waals surface area contributed by atoms with Crippen LogP contribution in [-0.4, -0.2) is 45.1 Å². The second-order valence-electron chi connectivity index (χ2n) is 2.33. The van der Waals surface area contributed by atoms with Crippen LogP contribution in [0.15, 0.2) is 0 Å². The Morgan fingerprint density at radius 1 is 1.54 bits per heavy atom. The first-order chi connectivity index (χ1) is 5.50. The average Bonchev–Trinajstić information content (AvgIpc) is 1.86. The maximum Gasteiger partial charge on any atom is 1.00 e. The van der Waals surface area contributed by atoms with Crippen LogP contribution in [0.5, 0.6) is 0 Å². The van der Waals surface area contributed by atoms with Crippen LogP contribution >= 0.6 is 0 Å². The van der Waals surface area contributed by atoms with Crippen LogP contribution in [0.1, 0.15) is 12.8 Å². The largest absolute Gasteiger partial charge is 1.00 e. The van der Waals surface area contributed by atoms with Crippen LogP contribution in [-0.2, 0) is 16.2 Å². The zero-order chi connectivity index (χ0) is 9.98. The Bertz CT molecular complexity index is 130. The number of unbranched alkanes of at least 4 members (excludes halogenated alkanes) is 1. The zero-order valence-corrected chi connectivity index (χ0v) is 11.0. The Labute approximate surface area is 103 Å². The molecule has 0 aliphatic carbocycles. The van der Waals surface area contributed by atoms with Crippen molar-refractivity contribution in [1.29, 1.82) is 0 Å². The Balaban J connectivity index is -0.000000173. The third-order valence-corrected chi connectivity index (χ3v) is 0.927. The first kappa shape index (κ1) is 19.3. The maximum atomic E-state index is 9.77. The average molecular weight is 219 g/mol. The topological polar surface area (TPSA) is 80.7 Å². The van der Waals surface area contributed by atoms with E-state index in [2.05, 4.69) is 4.90 Å². The standard InChI is InChI=1S/C6H13NO.Na.H2O3S/c1-7(2)5-3-4-6-8;;1-4(2)3/h6H,3-5H2,1-2H3;;(H2,1,2,3)/q;+1;/p-1. The van der Waals surface area contributed by atoms with Crippen LogP contribution in [0.2, 0.25) is 0 Å². The molecule has 0 bridgehead atoms. The molecule has 1 N–H and O–H groups in total. The van der Waals surface area contributed by atoms with E-state index in [1.54, 1.807) is 0 Å². The van der Waals surface area contributed by atoms with Crippen LogP contribution in [0.25, 0.3) is 0 Å². The van der Waals surface area contributed by atoms with Crippen molar-refractivity contribution in [2.45, 2.75) is 12.8 Å². The summed E-state index contributed by atoms with van der Waals surface area (Å²) in [4.78, 5) is 11.8. The molecule has 1 atom stereocenters. The summed E-state index contributed by atoms with van der Waals surface area (Å²) in [7, 11) is 4.01. The van der Waals surface area contributed by atoms with Crippen molar-refractivity contribution in [1.82, 2.24) is 4.90 Å². The van der Waals surface area contributed by atoms with Crippen molar-refractivity contribution in [3.8, 4) is 0 Å². The van der Waals surface area contributed by atoms with Gasteiger partial charge >= 0.3 is 29.6 Å². The molecule has 0 aliphatic heterocycles. The fraction of sp³-hybridized carbons (Fsp3) is 0.833. The number of rotatable bonds is 4. The van der Waals surface area contributed by atoms with Gasteiger partial charge in [0.1, 0.15) is 6.29 Å². The van der Waals surface area contributed by atoms with Gasteiger partial charge in [0.05, 0.1) is 11.4 Å². The minimum absolute atomic E-state index is 0. The molecule has 0 heterocycles. The molecule has 0 aromatic rings. The minimum Gasteiger partial charge on any atom is -0.750 e. The fourth-order valence-corrected chi connectivity index (χ4v) is 0.491. The van der Waals surface area contributed by atoms with Crippen LogP contribution in [0.4, 0.5) is 0 Å². The van der Waals surface area contributed by atoms with E-state index in [9.17, 15) is 4.79 Å². The molecule has 0 saturated heterocycles. The molecule has 1 unspecified atom stereocenters. The van der Waals surface area contributed by atoms with Crippen molar-refractivity contribution in [2.24, 2.45) is 0 Å². The molecule has 5 nitrogen and oxygen atoms in total. The Morgan fingerprint density at radius 3 is 2.15 bits per heavy atom. The van der Waals surface area contributed by atoms with Crippen molar-refractivity contribution < 1.29 is 47.7 Å². The van der Waals surface area contributed by atoms with E-state index < -0.39 is 11.4 Å². The summed E-state index contributed by atoms with van der Waals surface area (Å²) in [6, 6.07) is 0. The van der Waals surface area contributed by atoms with Crippen LogP contribution in [0.3, 0.4) is 0 Å². The number of carbonyl (C=O) groups excluding carboxylic acids is 1. The Kier molecular flexibility index (Phi) is 22.5. The summed E-state index contributed by atoms with van der Waals surface area (Å²) in [6.45, 7) is 1.01. The number of hydrogen-bond acceptors (Lipinski definition) is 4. The number of nitrogens with zero attached hydrogens (tertiary/aromatic N) is 1. The summed E-state index contributed by atoms with van der Waals surface area (Å²) in [5, 5.41) is 0. The Hall–Kier alpha value is 0.700. The third-order valence-electron chi connectivity index (χ3n) is 0.927. The van der Waals surface area contributed by atoms with Gasteiger partial charge in [0, 0.05) is 6.42 Å². The molecule has 0 spiro atoms. The molecule has 7 heteroatoms. The van der Waals surface area contributed by atoms with Gasteiger partial charge in [-0.3, -0.25) is 0 Å². The molecule has 0 saturated carbocycles. The second-order valence-corrected chi connectivity index (χ2v) is 2.76. The maximum absolute atomic E-state index is 9.77. The summed E-state index contributed by atoms with van der Waals surface area (Å²) < 4.78 is 24.1. The molecular formula is C6H14NNaO4S. The van der Waals surface area contributed by atoms with Gasteiger partial charge in [0.15, 0.2) is 0 Å². The van der Waals surface area contributed by atoms with E-state index >= 15 is 0 Å². The van der Waals surface area contributed by atoms with E-state index in [1.165, 1.54) is 0 Å². The summed E-state index contributed by atoms with van der Waals surface area (Å²) in [6.07, 6.45) is 2.64. The molecule has 0 fully saturated rings. The fourth-order valence-electron chi connectivity index (χ4n) is 0.491. The van der Waals surface area contributed by atoms with Gasteiger partial charge < -0.3 is 18.8 Å². The van der Waals surface area contributed by atoms with Gasteiger partial charge in [0.25, 0.3) is 0 Å². The summed E-state index contributed by atoms with van der Waals surface area (Å²) in [5.74, 6) is 0. The molecule has 0 rings (SSSR count). The van der Waals surface area contributed by atoms with Gasteiger partial charge in [0.2, 0.25) is 0 Å². The molecule has 0 aromatic carbocycles. The third kappa shape index (κ3) is 44.8. The van der Waals surface area contributed by atoms with E-state index in [1.807, 2.05) is 14.1 Å². The second kappa shape index (κ2) is 15.2. The van der Waals surface area contributed by atoms with E-state index in [-0.39, 0.29) is 29.6 Å². The monoisotopic (exact) mass is 219 g/mol. The van der Waals surface area contributed by atoms with Crippen LogP contribution < -0.4 is 29.6 Å². The summed E-state index contributed by atoms with van der Waals surface area (Å²) >= 11 is -2.86. The van der Waals surface area contributed by atoms with Crippen molar-refractivity contribution in [2.75, 3.05) is 20.6 Å². The molecular weight excluding hydrogens is 205 g/mol. The molecule has 0 aliphatic rings. The van der Waals surface area contributed by atoms with Gasteiger partial charge in [-0.25, -0.2) is 4.21 Å². The van der Waals surface area contributed by atoms with Crippen molar-refractivity contribution in [3.05, 3.63) is 0 Å². The van der Waals surface area contributed by atoms with Crippen molar-refractivity contribution in [3.63, 3.8) is 0 Å². The molecule has 0 amide bonds. The van der Waals surface area contributed by atoms with Gasteiger partial charge in [-0.2, -0.15) is 0 Å². The SMILES string of the molecule is CN(C)CCCC=O.O=S([O-])O.[Na+]. The van der Waals surface area contributed by atoms with E-state index in [4.69, 9.17) is 13.3 Å². The number of carbonyl (C=O) groups is 1. The van der Waals surface area contributed by atoms with Gasteiger partial charge in [-0.1, -0.05) is 0 Å². The quantitative estimate of drug-likeness (QED) is 0.234. The van der Waals surface area contributed by atoms with Crippen LogP contribution in [0, 0.1) is 0 Å². The number of hydrogen-bond donors (Lipinski definition) is 1. The zero-order valence-electron chi connectivity index (χ0n) is 8.23. The normalized spacial score (nSPS) is 10.8. The molecule has 0 aromatic heterocycles. The van der Waals surface area contributed by atoms with Gasteiger partial charge in [-0.15, -0.1) is 0 Å². The minimum atomic E-state index is -2.86. The molecule has 0 radical (unpaired) electrons. The predicted octanol–water partition coefficient (Wildman–Crippen LogP) is -3.13. The molecule has 13 heavy (non-hydrogen) atoms. The first-order valence-electron chi connectivity index (χ1n) is 3.37. The smallest absolute Gasteiger partial charge is 0.750 e. The van der Waals surface area contributed by atoms with E-state index in [0.717, 1.165) is 19.3 Å². The first-order valence-corrected chi connectivity index (χ1v) is 4.40. The van der Waals surface area contributed by atoms with E-state index in [0.29, 0.717) is 6.42 Å². The van der Waals surface area contributed by atoms with Gasteiger partial charge in [-0.05, 0) is 27.1 Å². The Morgan fingerprint density at radius 2 is 1.92 bits per heavy atom.